The van der Waals surface area contributed by atoms with Crippen LogP contribution in [0.2, 0.25) is 0 Å². The summed E-state index contributed by atoms with van der Waals surface area (Å²) in [6.45, 7) is -0.0317. The number of alkyl halides is 3. The van der Waals surface area contributed by atoms with Gasteiger partial charge in [0, 0.05) is 12.6 Å². The van der Waals surface area contributed by atoms with Crippen molar-refractivity contribution >= 4 is 12.0 Å². The molecule has 0 spiro atoms. The Hall–Kier alpha value is -1.82. The standard InChI is InChI=1S/C12H12F3NO2/c13-12(14,15)10-4-1-9(2-5-10)3-6-11(18)16-7-8-17/h1-6,17H,7-8H2,(H,16,18). The lowest BCUT2D eigenvalue weighted by molar-refractivity contribution is -0.137. The minimum atomic E-state index is -4.36. The van der Waals surface area contributed by atoms with Crippen molar-refractivity contribution in [1.82, 2.24) is 5.32 Å². The van der Waals surface area contributed by atoms with Crippen LogP contribution >= 0.6 is 0 Å². The summed E-state index contributed by atoms with van der Waals surface area (Å²) >= 11 is 0. The molecule has 3 nitrogen and oxygen atoms in total. The van der Waals surface area contributed by atoms with Gasteiger partial charge in [-0.25, -0.2) is 0 Å². The fraction of sp³-hybridized carbons (Fsp3) is 0.250. The quantitative estimate of drug-likeness (QED) is 0.810. The van der Waals surface area contributed by atoms with Gasteiger partial charge in [-0.1, -0.05) is 12.1 Å². The fourth-order valence-electron chi connectivity index (χ4n) is 1.19. The Balaban J connectivity index is 2.64. The van der Waals surface area contributed by atoms with Gasteiger partial charge in [-0.15, -0.1) is 0 Å². The van der Waals surface area contributed by atoms with Crippen molar-refractivity contribution in [1.29, 1.82) is 0 Å². The molecule has 2 N–H and O–H groups in total. The van der Waals surface area contributed by atoms with Crippen molar-refractivity contribution in [2.24, 2.45) is 0 Å². The number of rotatable bonds is 4. The van der Waals surface area contributed by atoms with Crippen LogP contribution in [0.4, 0.5) is 13.2 Å². The van der Waals surface area contributed by atoms with E-state index in [0.717, 1.165) is 12.1 Å². The van der Waals surface area contributed by atoms with Gasteiger partial charge in [0.05, 0.1) is 12.2 Å². The maximum absolute atomic E-state index is 12.3. The molecule has 1 aromatic carbocycles. The van der Waals surface area contributed by atoms with Gasteiger partial charge in [0.2, 0.25) is 5.91 Å². The molecule has 1 rings (SSSR count). The van der Waals surface area contributed by atoms with E-state index in [2.05, 4.69) is 5.32 Å². The first-order valence-corrected chi connectivity index (χ1v) is 5.17. The van der Waals surface area contributed by atoms with E-state index in [1.165, 1.54) is 24.3 Å². The number of hydrogen-bond donors (Lipinski definition) is 2. The number of carbonyl (C=O) groups excluding carboxylic acids is 1. The second kappa shape index (κ2) is 6.20. The third-order valence-electron chi connectivity index (χ3n) is 2.08. The van der Waals surface area contributed by atoms with Gasteiger partial charge in [0.15, 0.2) is 0 Å². The molecular formula is C12H12F3NO2. The van der Waals surface area contributed by atoms with Crippen LogP contribution in [-0.4, -0.2) is 24.2 Å². The molecular weight excluding hydrogens is 247 g/mol. The summed E-state index contributed by atoms with van der Waals surface area (Å²) in [4.78, 5) is 11.1. The largest absolute Gasteiger partial charge is 0.416 e. The van der Waals surface area contributed by atoms with E-state index < -0.39 is 17.6 Å². The van der Waals surface area contributed by atoms with E-state index in [4.69, 9.17) is 5.11 Å². The second-order valence-electron chi connectivity index (χ2n) is 3.47. The number of benzene rings is 1. The van der Waals surface area contributed by atoms with Crippen LogP contribution in [0, 0.1) is 0 Å². The Labute approximate surface area is 102 Å². The molecule has 0 aliphatic rings. The van der Waals surface area contributed by atoms with Gasteiger partial charge in [-0.05, 0) is 23.8 Å². The molecule has 0 fully saturated rings. The van der Waals surface area contributed by atoms with Gasteiger partial charge in [-0.3, -0.25) is 4.79 Å². The number of halogens is 3. The third-order valence-corrected chi connectivity index (χ3v) is 2.08. The third kappa shape index (κ3) is 4.58. The molecule has 0 atom stereocenters. The molecule has 1 aromatic rings. The summed E-state index contributed by atoms with van der Waals surface area (Å²) in [5.74, 6) is -0.413. The number of amides is 1. The Bertz CT molecular complexity index is 424. The van der Waals surface area contributed by atoms with E-state index in [1.54, 1.807) is 0 Å². The lowest BCUT2D eigenvalue weighted by Gasteiger charge is -2.05. The first-order valence-electron chi connectivity index (χ1n) is 5.17. The SMILES string of the molecule is O=C(C=Cc1ccc(C(F)(F)F)cc1)NCCO. The smallest absolute Gasteiger partial charge is 0.395 e. The van der Waals surface area contributed by atoms with E-state index in [-0.39, 0.29) is 13.2 Å². The zero-order valence-electron chi connectivity index (χ0n) is 9.37. The molecule has 0 aliphatic carbocycles. The van der Waals surface area contributed by atoms with Gasteiger partial charge >= 0.3 is 6.18 Å². The molecule has 0 aliphatic heterocycles. The van der Waals surface area contributed by atoms with Crippen LogP contribution in [-0.2, 0) is 11.0 Å². The summed E-state index contributed by atoms with van der Waals surface area (Å²) in [5.41, 5.74) is -0.244. The van der Waals surface area contributed by atoms with Gasteiger partial charge < -0.3 is 10.4 Å². The number of aliphatic hydroxyl groups is 1. The Morgan fingerprint density at radius 2 is 1.89 bits per heavy atom. The topological polar surface area (TPSA) is 49.3 Å². The Kier molecular flexibility index (Phi) is 4.91. The normalized spacial score (nSPS) is 11.8. The highest BCUT2D eigenvalue weighted by atomic mass is 19.4. The lowest BCUT2D eigenvalue weighted by atomic mass is 10.1. The average molecular weight is 259 g/mol. The summed E-state index contributed by atoms with van der Waals surface area (Å²) in [5, 5.41) is 10.8. The van der Waals surface area contributed by atoms with Crippen LogP contribution in [0.3, 0.4) is 0 Å². The average Bonchev–Trinajstić information content (AvgIpc) is 2.33. The highest BCUT2D eigenvalue weighted by Gasteiger charge is 2.29. The minimum Gasteiger partial charge on any atom is -0.395 e. The van der Waals surface area contributed by atoms with Crippen LogP contribution in [0.15, 0.2) is 30.3 Å². The van der Waals surface area contributed by atoms with Crippen molar-refractivity contribution < 1.29 is 23.1 Å². The maximum atomic E-state index is 12.3. The molecule has 0 saturated carbocycles. The summed E-state index contributed by atoms with van der Waals surface area (Å²) in [7, 11) is 0. The molecule has 0 saturated heterocycles. The molecule has 98 valence electrons. The van der Waals surface area contributed by atoms with E-state index in [0.29, 0.717) is 5.56 Å². The highest BCUT2D eigenvalue weighted by molar-refractivity contribution is 5.91. The van der Waals surface area contributed by atoms with Crippen molar-refractivity contribution in [2.45, 2.75) is 6.18 Å². The number of carbonyl (C=O) groups is 1. The first-order chi connectivity index (χ1) is 8.43. The van der Waals surface area contributed by atoms with Crippen LogP contribution in [0.5, 0.6) is 0 Å². The summed E-state index contributed by atoms with van der Waals surface area (Å²) < 4.78 is 36.8. The van der Waals surface area contributed by atoms with Crippen molar-refractivity contribution in [3.63, 3.8) is 0 Å². The Morgan fingerprint density at radius 3 is 2.39 bits per heavy atom. The van der Waals surface area contributed by atoms with Crippen LogP contribution in [0.1, 0.15) is 11.1 Å². The second-order valence-corrected chi connectivity index (χ2v) is 3.47. The minimum absolute atomic E-state index is 0.135. The monoisotopic (exact) mass is 259 g/mol. The van der Waals surface area contributed by atoms with E-state index >= 15 is 0 Å². The molecule has 0 bridgehead atoms. The zero-order valence-corrected chi connectivity index (χ0v) is 9.37. The molecule has 0 unspecified atom stereocenters. The lowest BCUT2D eigenvalue weighted by Crippen LogP contribution is -2.24. The number of nitrogens with one attached hydrogen (secondary N) is 1. The molecule has 6 heteroatoms. The summed E-state index contributed by atoms with van der Waals surface area (Å²) in [6.07, 6.45) is -1.77. The van der Waals surface area contributed by atoms with Crippen molar-refractivity contribution in [3.8, 4) is 0 Å². The van der Waals surface area contributed by atoms with E-state index in [1.807, 2.05) is 0 Å². The first kappa shape index (κ1) is 14.2. The predicted molar refractivity (Wildman–Crippen MR) is 60.6 cm³/mol. The fourth-order valence-corrected chi connectivity index (χ4v) is 1.19. The van der Waals surface area contributed by atoms with Crippen molar-refractivity contribution in [2.75, 3.05) is 13.2 Å². The summed E-state index contributed by atoms with van der Waals surface area (Å²) in [6, 6.07) is 4.45. The number of aliphatic hydroxyl groups excluding tert-OH is 1. The Morgan fingerprint density at radius 1 is 1.28 bits per heavy atom. The van der Waals surface area contributed by atoms with Gasteiger partial charge in [-0.2, -0.15) is 13.2 Å². The van der Waals surface area contributed by atoms with Crippen molar-refractivity contribution in [3.05, 3.63) is 41.5 Å². The zero-order chi connectivity index (χ0) is 13.6. The van der Waals surface area contributed by atoms with Crippen LogP contribution < -0.4 is 5.32 Å². The molecule has 0 aromatic heterocycles. The highest BCUT2D eigenvalue weighted by Crippen LogP contribution is 2.29. The molecule has 18 heavy (non-hydrogen) atoms. The molecule has 0 radical (unpaired) electrons. The molecule has 0 heterocycles. The van der Waals surface area contributed by atoms with Gasteiger partial charge in [0.1, 0.15) is 0 Å². The van der Waals surface area contributed by atoms with Gasteiger partial charge in [0.25, 0.3) is 0 Å². The molecule has 1 amide bonds. The maximum Gasteiger partial charge on any atom is 0.416 e. The van der Waals surface area contributed by atoms with Crippen LogP contribution in [0.25, 0.3) is 6.08 Å². The number of hydrogen-bond acceptors (Lipinski definition) is 2. The van der Waals surface area contributed by atoms with E-state index in [9.17, 15) is 18.0 Å². The predicted octanol–water partition coefficient (Wildman–Crippen LogP) is 1.83.